The second-order valence-electron chi connectivity index (χ2n) is 1.40. The third-order valence-electron chi connectivity index (χ3n) is 0.847. The SMILES string of the molecule is N#CC1=CC=C=C[CH]1.[Br-].[Pd]. The first-order chi connectivity index (χ1) is 3.93. The van der Waals surface area contributed by atoms with Crippen molar-refractivity contribution in [3.05, 3.63) is 36.0 Å². The van der Waals surface area contributed by atoms with Crippen LogP contribution < -0.4 is 17.0 Å². The van der Waals surface area contributed by atoms with Gasteiger partial charge in [0.25, 0.3) is 0 Å². The summed E-state index contributed by atoms with van der Waals surface area (Å²) in [6.45, 7) is 0. The largest absolute Gasteiger partial charge is 1.00 e. The van der Waals surface area contributed by atoms with Gasteiger partial charge in [0.15, 0.2) is 0 Å². The number of halogens is 1. The molecule has 0 aromatic carbocycles. The Bertz CT molecular complexity index is 218. The predicted octanol–water partition coefficient (Wildman–Crippen LogP) is -1.63. The number of hydrogen-bond donors (Lipinski definition) is 0. The summed E-state index contributed by atoms with van der Waals surface area (Å²) < 4.78 is 0. The topological polar surface area (TPSA) is 23.8 Å². The zero-order valence-electron chi connectivity index (χ0n) is 4.95. The summed E-state index contributed by atoms with van der Waals surface area (Å²) in [7, 11) is 0. The van der Waals surface area contributed by atoms with Crippen LogP contribution in [0.5, 0.6) is 0 Å². The van der Waals surface area contributed by atoms with Crippen LogP contribution in [0.2, 0.25) is 0 Å². The van der Waals surface area contributed by atoms with Gasteiger partial charge in [0.1, 0.15) is 0 Å². The smallest absolute Gasteiger partial charge is 0.0954 e. The Balaban J connectivity index is 0. The first kappa shape index (κ1) is 12.6. The molecule has 0 saturated heterocycles. The molecule has 0 fully saturated rings. The average Bonchev–Trinajstić information content (AvgIpc) is 1.90. The summed E-state index contributed by atoms with van der Waals surface area (Å²) >= 11 is 0. The summed E-state index contributed by atoms with van der Waals surface area (Å²) in [6, 6.07) is 2.01. The maximum atomic E-state index is 8.27. The molecular formula is C7H4BrNPd-. The van der Waals surface area contributed by atoms with Crippen molar-refractivity contribution in [2.45, 2.75) is 0 Å². The Morgan fingerprint density at radius 3 is 2.40 bits per heavy atom. The molecule has 3 heteroatoms. The van der Waals surface area contributed by atoms with Gasteiger partial charge in [-0.2, -0.15) is 5.26 Å². The fraction of sp³-hybridized carbons (Fsp3) is 0. The monoisotopic (exact) mass is 287 g/mol. The van der Waals surface area contributed by atoms with E-state index in [0.29, 0.717) is 5.57 Å². The van der Waals surface area contributed by atoms with Crippen molar-refractivity contribution >= 4 is 0 Å². The maximum absolute atomic E-state index is 8.27. The van der Waals surface area contributed by atoms with E-state index >= 15 is 0 Å². The molecule has 0 spiro atoms. The summed E-state index contributed by atoms with van der Waals surface area (Å²) in [5, 5.41) is 8.27. The van der Waals surface area contributed by atoms with Crippen LogP contribution in [0.25, 0.3) is 0 Å². The van der Waals surface area contributed by atoms with E-state index in [9.17, 15) is 0 Å². The second-order valence-corrected chi connectivity index (χ2v) is 1.40. The molecule has 1 nitrogen and oxygen atoms in total. The summed E-state index contributed by atoms with van der Waals surface area (Å²) in [4.78, 5) is 0. The van der Waals surface area contributed by atoms with Crippen LogP contribution in [-0.4, -0.2) is 0 Å². The molecule has 0 bridgehead atoms. The number of rotatable bonds is 0. The minimum atomic E-state index is 0. The van der Waals surface area contributed by atoms with Gasteiger partial charge in [0.05, 0.1) is 6.07 Å². The minimum absolute atomic E-state index is 0. The van der Waals surface area contributed by atoms with E-state index in [-0.39, 0.29) is 37.4 Å². The van der Waals surface area contributed by atoms with Crippen LogP contribution in [0.4, 0.5) is 0 Å². The van der Waals surface area contributed by atoms with E-state index in [4.69, 9.17) is 5.26 Å². The van der Waals surface area contributed by atoms with E-state index in [1.54, 1.807) is 24.6 Å². The zero-order valence-corrected chi connectivity index (χ0v) is 8.09. The van der Waals surface area contributed by atoms with Gasteiger partial charge in [-0.25, -0.2) is 0 Å². The second kappa shape index (κ2) is 7.00. The first-order valence-electron chi connectivity index (χ1n) is 2.29. The van der Waals surface area contributed by atoms with Crippen LogP contribution in [0.1, 0.15) is 0 Å². The molecule has 1 aliphatic rings. The van der Waals surface area contributed by atoms with Gasteiger partial charge in [0.2, 0.25) is 0 Å². The van der Waals surface area contributed by atoms with Crippen LogP contribution in [0, 0.1) is 17.8 Å². The Kier molecular flexibility index (Phi) is 8.80. The number of allylic oxidation sites excluding steroid dienone is 3. The van der Waals surface area contributed by atoms with Crippen molar-refractivity contribution in [3.8, 4) is 6.07 Å². The Labute approximate surface area is 84.5 Å². The Hall–Kier alpha value is -0.108. The molecule has 1 rings (SSSR count). The molecule has 0 unspecified atom stereocenters. The van der Waals surface area contributed by atoms with Crippen LogP contribution in [0.15, 0.2) is 29.5 Å². The quantitative estimate of drug-likeness (QED) is 0.388. The zero-order chi connectivity index (χ0) is 5.82. The van der Waals surface area contributed by atoms with E-state index < -0.39 is 0 Å². The van der Waals surface area contributed by atoms with Gasteiger partial charge >= 0.3 is 0 Å². The van der Waals surface area contributed by atoms with Crippen molar-refractivity contribution in [2.75, 3.05) is 0 Å². The Morgan fingerprint density at radius 1 is 1.40 bits per heavy atom. The molecule has 0 N–H and O–H groups in total. The number of nitrogens with zero attached hydrogens (tertiary/aromatic N) is 1. The normalized spacial score (nSPS) is 12.1. The van der Waals surface area contributed by atoms with Gasteiger partial charge < -0.3 is 17.0 Å². The van der Waals surface area contributed by atoms with Gasteiger partial charge in [-0.3, -0.25) is 0 Å². The van der Waals surface area contributed by atoms with E-state index in [1.807, 2.05) is 6.07 Å². The molecule has 1 aliphatic carbocycles. The number of hydrogen-bond acceptors (Lipinski definition) is 1. The summed E-state index contributed by atoms with van der Waals surface area (Å²) in [5.41, 5.74) is 3.50. The predicted molar refractivity (Wildman–Crippen MR) is 30.6 cm³/mol. The van der Waals surface area contributed by atoms with E-state index in [1.165, 1.54) is 0 Å². The minimum Gasteiger partial charge on any atom is -1.00 e. The fourth-order valence-corrected chi connectivity index (χ4v) is 0.461. The third kappa shape index (κ3) is 3.83. The Morgan fingerprint density at radius 2 is 2.10 bits per heavy atom. The third-order valence-corrected chi connectivity index (χ3v) is 0.847. The van der Waals surface area contributed by atoms with Crippen molar-refractivity contribution in [3.63, 3.8) is 0 Å². The average molecular weight is 288 g/mol. The van der Waals surface area contributed by atoms with Crippen LogP contribution in [-0.2, 0) is 20.4 Å². The maximum Gasteiger partial charge on any atom is 0.0954 e. The summed E-state index contributed by atoms with van der Waals surface area (Å²) in [5.74, 6) is 0. The summed E-state index contributed by atoms with van der Waals surface area (Å²) in [6.07, 6.45) is 6.89. The molecule has 0 heterocycles. The number of nitriles is 1. The molecule has 1 radical (unpaired) electrons. The van der Waals surface area contributed by atoms with Crippen LogP contribution >= 0.6 is 0 Å². The molecule has 55 valence electrons. The van der Waals surface area contributed by atoms with Gasteiger partial charge in [-0.15, -0.1) is 5.73 Å². The van der Waals surface area contributed by atoms with Gasteiger partial charge in [0, 0.05) is 32.4 Å². The van der Waals surface area contributed by atoms with Crippen LogP contribution in [0.3, 0.4) is 0 Å². The van der Waals surface area contributed by atoms with E-state index in [0.717, 1.165) is 0 Å². The van der Waals surface area contributed by atoms with Crippen molar-refractivity contribution in [1.82, 2.24) is 0 Å². The molecule has 0 atom stereocenters. The van der Waals surface area contributed by atoms with Crippen molar-refractivity contribution in [1.29, 1.82) is 5.26 Å². The molecule has 0 aromatic rings. The van der Waals surface area contributed by atoms with Gasteiger partial charge in [-0.1, -0.05) is 0 Å². The molecule has 0 amide bonds. The molecule has 0 aromatic heterocycles. The standard InChI is InChI=1S/C7H4N.BrH.Pd/c8-6-7-4-2-1-3-5-7;;/h2-5H;1H;/p-1. The van der Waals surface area contributed by atoms with Gasteiger partial charge in [-0.05, 0) is 18.2 Å². The molecular weight excluding hydrogens is 284 g/mol. The fourth-order valence-electron chi connectivity index (χ4n) is 0.461. The van der Waals surface area contributed by atoms with Crippen molar-refractivity contribution < 1.29 is 37.4 Å². The van der Waals surface area contributed by atoms with Crippen molar-refractivity contribution in [2.24, 2.45) is 0 Å². The first-order valence-corrected chi connectivity index (χ1v) is 2.29. The molecule has 0 aliphatic heterocycles. The molecule has 10 heavy (non-hydrogen) atoms. The van der Waals surface area contributed by atoms with E-state index in [2.05, 4.69) is 5.73 Å². The molecule has 0 saturated carbocycles.